The molecular formula is C18H30ClN3O2. The highest BCUT2D eigenvalue weighted by Gasteiger charge is 2.28. The van der Waals surface area contributed by atoms with Gasteiger partial charge < -0.3 is 16.4 Å². The van der Waals surface area contributed by atoms with Crippen molar-refractivity contribution in [2.45, 2.75) is 46.7 Å². The van der Waals surface area contributed by atoms with Crippen LogP contribution in [0.4, 0.5) is 0 Å². The van der Waals surface area contributed by atoms with Crippen LogP contribution in [-0.2, 0) is 9.59 Å². The van der Waals surface area contributed by atoms with Gasteiger partial charge in [-0.2, -0.15) is 0 Å². The summed E-state index contributed by atoms with van der Waals surface area (Å²) in [5, 5.41) is 5.60. The van der Waals surface area contributed by atoms with Gasteiger partial charge in [-0.1, -0.05) is 65.0 Å². The number of nitrogens with one attached hydrogen (secondary N) is 2. The molecule has 1 unspecified atom stereocenters. The van der Waals surface area contributed by atoms with Crippen molar-refractivity contribution < 1.29 is 9.59 Å². The highest BCUT2D eigenvalue weighted by molar-refractivity contribution is 5.87. The molecule has 1 aromatic rings. The van der Waals surface area contributed by atoms with Crippen LogP contribution in [0.3, 0.4) is 0 Å². The van der Waals surface area contributed by atoms with Crippen molar-refractivity contribution in [2.75, 3.05) is 6.54 Å². The van der Waals surface area contributed by atoms with Gasteiger partial charge in [-0.15, -0.1) is 12.4 Å². The molecule has 0 bridgehead atoms. The van der Waals surface area contributed by atoms with Gasteiger partial charge in [-0.25, -0.2) is 0 Å². The van der Waals surface area contributed by atoms with Crippen molar-refractivity contribution in [1.29, 1.82) is 0 Å². The van der Waals surface area contributed by atoms with E-state index in [9.17, 15) is 9.59 Å². The van der Waals surface area contributed by atoms with E-state index in [4.69, 9.17) is 5.73 Å². The first-order valence-corrected chi connectivity index (χ1v) is 8.00. The smallest absolute Gasteiger partial charge is 0.239 e. The standard InChI is InChI=1S/C18H29N3O2.ClH/c1-12(2)15(19)17(23)20-11-14(22)21-16(18(3,4)5)13-9-7-6-8-10-13;/h6-10,12,15-16H,11,19H2,1-5H3,(H,20,23)(H,21,22);1H/t15-,16?;/m0./s1. The molecule has 4 N–H and O–H groups in total. The zero-order valence-corrected chi connectivity index (χ0v) is 15.9. The molecule has 0 fully saturated rings. The first kappa shape index (κ1) is 22.4. The summed E-state index contributed by atoms with van der Waals surface area (Å²) < 4.78 is 0. The molecule has 2 atom stereocenters. The van der Waals surface area contributed by atoms with Crippen molar-refractivity contribution in [2.24, 2.45) is 17.1 Å². The number of hydrogen-bond donors (Lipinski definition) is 3. The monoisotopic (exact) mass is 355 g/mol. The lowest BCUT2D eigenvalue weighted by Crippen LogP contribution is -2.48. The molecule has 0 aromatic heterocycles. The second kappa shape index (κ2) is 9.64. The van der Waals surface area contributed by atoms with E-state index in [1.54, 1.807) is 0 Å². The lowest BCUT2D eigenvalue weighted by Gasteiger charge is -2.32. The average molecular weight is 356 g/mol. The van der Waals surface area contributed by atoms with Crippen LogP contribution in [-0.4, -0.2) is 24.4 Å². The maximum atomic E-state index is 12.2. The van der Waals surface area contributed by atoms with Gasteiger partial charge in [0.1, 0.15) is 0 Å². The van der Waals surface area contributed by atoms with Crippen LogP contribution in [0.2, 0.25) is 0 Å². The van der Waals surface area contributed by atoms with Crippen molar-refractivity contribution in [3.8, 4) is 0 Å². The topological polar surface area (TPSA) is 84.2 Å². The van der Waals surface area contributed by atoms with Crippen LogP contribution in [0.1, 0.15) is 46.2 Å². The van der Waals surface area contributed by atoms with Crippen LogP contribution < -0.4 is 16.4 Å². The van der Waals surface area contributed by atoms with Gasteiger partial charge in [0.05, 0.1) is 18.6 Å². The largest absolute Gasteiger partial charge is 0.347 e. The second-order valence-electron chi connectivity index (χ2n) is 7.26. The van der Waals surface area contributed by atoms with Crippen molar-refractivity contribution in [1.82, 2.24) is 10.6 Å². The van der Waals surface area contributed by atoms with Gasteiger partial charge in [-0.05, 0) is 16.9 Å². The number of nitrogens with two attached hydrogens (primary N) is 1. The molecule has 1 aromatic carbocycles. The second-order valence-corrected chi connectivity index (χ2v) is 7.26. The number of halogens is 1. The van der Waals surface area contributed by atoms with E-state index in [-0.39, 0.29) is 48.1 Å². The summed E-state index contributed by atoms with van der Waals surface area (Å²) in [6.45, 7) is 9.87. The summed E-state index contributed by atoms with van der Waals surface area (Å²) in [4.78, 5) is 24.0. The number of carbonyl (C=O) groups excluding carboxylic acids is 2. The minimum absolute atomic E-state index is 0. The Morgan fingerprint density at radius 2 is 1.67 bits per heavy atom. The summed E-state index contributed by atoms with van der Waals surface area (Å²) in [7, 11) is 0. The Hall–Kier alpha value is -1.59. The van der Waals surface area contributed by atoms with E-state index < -0.39 is 6.04 Å². The molecule has 5 nitrogen and oxygen atoms in total. The zero-order valence-electron chi connectivity index (χ0n) is 15.1. The first-order chi connectivity index (χ1) is 10.6. The molecule has 0 aliphatic heterocycles. The van der Waals surface area contributed by atoms with Crippen LogP contribution in [0.15, 0.2) is 30.3 Å². The number of carbonyl (C=O) groups is 2. The van der Waals surface area contributed by atoms with Crippen molar-refractivity contribution in [3.63, 3.8) is 0 Å². The third-order valence-electron chi connectivity index (χ3n) is 3.75. The summed E-state index contributed by atoms with van der Waals surface area (Å²) in [6, 6.07) is 9.08. The molecule has 0 heterocycles. The number of amides is 2. The van der Waals surface area contributed by atoms with Gasteiger partial charge in [-0.3, -0.25) is 9.59 Å². The molecular weight excluding hydrogens is 326 g/mol. The molecule has 0 saturated carbocycles. The minimum atomic E-state index is -0.602. The fourth-order valence-electron chi connectivity index (χ4n) is 2.25. The van der Waals surface area contributed by atoms with E-state index in [1.807, 2.05) is 44.2 Å². The predicted octanol–water partition coefficient (Wildman–Crippen LogP) is 2.41. The van der Waals surface area contributed by atoms with Crippen molar-refractivity contribution >= 4 is 24.2 Å². The van der Waals surface area contributed by atoms with Gasteiger partial charge in [0, 0.05) is 0 Å². The number of hydrogen-bond acceptors (Lipinski definition) is 3. The van der Waals surface area contributed by atoms with E-state index in [2.05, 4.69) is 31.4 Å². The fourth-order valence-corrected chi connectivity index (χ4v) is 2.25. The van der Waals surface area contributed by atoms with Gasteiger partial charge in [0.15, 0.2) is 0 Å². The summed E-state index contributed by atoms with van der Waals surface area (Å²) in [5.41, 5.74) is 6.66. The minimum Gasteiger partial charge on any atom is -0.347 e. The molecule has 2 amide bonds. The predicted molar refractivity (Wildman–Crippen MR) is 99.9 cm³/mol. The van der Waals surface area contributed by atoms with Gasteiger partial charge in [0.25, 0.3) is 0 Å². The third-order valence-corrected chi connectivity index (χ3v) is 3.75. The lowest BCUT2D eigenvalue weighted by atomic mass is 9.82. The average Bonchev–Trinajstić information content (AvgIpc) is 2.49. The maximum absolute atomic E-state index is 12.2. The third kappa shape index (κ3) is 6.89. The van der Waals surface area contributed by atoms with E-state index in [1.165, 1.54) is 0 Å². The Morgan fingerprint density at radius 3 is 2.12 bits per heavy atom. The molecule has 24 heavy (non-hydrogen) atoms. The Balaban J connectivity index is 0.00000529. The molecule has 0 spiro atoms. The summed E-state index contributed by atoms with van der Waals surface area (Å²) in [5.74, 6) is -0.495. The zero-order chi connectivity index (χ0) is 17.6. The van der Waals surface area contributed by atoms with E-state index >= 15 is 0 Å². The Bertz CT molecular complexity index is 527. The molecule has 0 aliphatic carbocycles. The summed E-state index contributed by atoms with van der Waals surface area (Å²) >= 11 is 0. The Labute approximate surface area is 151 Å². The molecule has 1 rings (SSSR count). The van der Waals surface area contributed by atoms with E-state index in [0.717, 1.165) is 5.56 Å². The molecule has 6 heteroatoms. The maximum Gasteiger partial charge on any atom is 0.239 e. The SMILES string of the molecule is CC(C)[C@H](N)C(=O)NCC(=O)NC(c1ccccc1)C(C)(C)C.Cl. The number of benzene rings is 1. The Morgan fingerprint density at radius 1 is 1.12 bits per heavy atom. The molecule has 0 radical (unpaired) electrons. The van der Waals surface area contributed by atoms with Crippen LogP contribution >= 0.6 is 12.4 Å². The first-order valence-electron chi connectivity index (χ1n) is 8.00. The lowest BCUT2D eigenvalue weighted by molar-refractivity contribution is -0.128. The van der Waals surface area contributed by atoms with E-state index in [0.29, 0.717) is 0 Å². The van der Waals surface area contributed by atoms with Gasteiger partial charge in [0.2, 0.25) is 11.8 Å². The normalized spacial score (nSPS) is 13.6. The quantitative estimate of drug-likeness (QED) is 0.732. The van der Waals surface area contributed by atoms with Crippen LogP contribution in [0.5, 0.6) is 0 Å². The van der Waals surface area contributed by atoms with Crippen LogP contribution in [0, 0.1) is 11.3 Å². The van der Waals surface area contributed by atoms with Crippen LogP contribution in [0.25, 0.3) is 0 Å². The van der Waals surface area contributed by atoms with Gasteiger partial charge >= 0.3 is 0 Å². The summed E-state index contributed by atoms with van der Waals surface area (Å²) in [6.07, 6.45) is 0. The molecule has 136 valence electrons. The van der Waals surface area contributed by atoms with Crippen molar-refractivity contribution in [3.05, 3.63) is 35.9 Å². The number of rotatable bonds is 6. The fraction of sp³-hybridized carbons (Fsp3) is 0.556. The Kier molecular flexibility index (Phi) is 9.01. The highest BCUT2D eigenvalue weighted by Crippen LogP contribution is 2.32. The highest BCUT2D eigenvalue weighted by atomic mass is 35.5. The molecule has 0 saturated heterocycles. The molecule has 0 aliphatic rings.